The highest BCUT2D eigenvalue weighted by atomic mass is 79.9. The van der Waals surface area contributed by atoms with E-state index < -0.39 is 0 Å². The fourth-order valence-electron chi connectivity index (χ4n) is 2.23. The van der Waals surface area contributed by atoms with E-state index in [-0.39, 0.29) is 40.1 Å². The Kier molecular flexibility index (Phi) is 21.4. The van der Waals surface area contributed by atoms with Crippen LogP contribution in [0.5, 0.6) is 0 Å². The summed E-state index contributed by atoms with van der Waals surface area (Å²) in [4.78, 5) is 0. The summed E-state index contributed by atoms with van der Waals surface area (Å²) in [6.45, 7) is 6.24. The summed E-state index contributed by atoms with van der Waals surface area (Å²) in [6.07, 6.45) is 8.35. The summed E-state index contributed by atoms with van der Waals surface area (Å²) >= 11 is 0. The zero-order chi connectivity index (χ0) is 13.4. The molecule has 0 aromatic heterocycles. The van der Waals surface area contributed by atoms with Gasteiger partial charge in [0.1, 0.15) is 0 Å². The molecule has 0 fully saturated rings. The van der Waals surface area contributed by atoms with Crippen LogP contribution < -0.4 is 40.1 Å². The lowest BCUT2D eigenvalue weighted by molar-refractivity contribution is -0.902. The predicted molar refractivity (Wildman–Crippen MR) is 83.1 cm³/mol. The fraction of sp³-hybridized carbons (Fsp3) is 1.00. The molecule has 0 aliphatic carbocycles. The Morgan fingerprint density at radius 2 is 1.05 bits per heavy atom. The van der Waals surface area contributed by atoms with Gasteiger partial charge in [0.2, 0.25) is 0 Å². The van der Waals surface area contributed by atoms with Crippen molar-refractivity contribution in [1.29, 1.82) is 0 Å². The van der Waals surface area contributed by atoms with Gasteiger partial charge in [-0.25, -0.2) is 0 Å². The van der Waals surface area contributed by atoms with E-state index in [1.807, 2.05) is 0 Å². The van der Waals surface area contributed by atoms with Crippen molar-refractivity contribution in [3.63, 3.8) is 0 Å². The Bertz CT molecular complexity index is 192. The molecular weight excluding hydrogens is 382 g/mol. The van der Waals surface area contributed by atoms with E-state index in [2.05, 4.69) is 42.2 Å². The number of hydrogen-bond acceptors (Lipinski definition) is 1. The predicted octanol–water partition coefficient (Wildman–Crippen LogP) is -2.70. The van der Waals surface area contributed by atoms with Crippen molar-refractivity contribution >= 4 is 0 Å². The average Bonchev–Trinajstić information content (AvgIpc) is 2.14. The Labute approximate surface area is 149 Å². The summed E-state index contributed by atoms with van der Waals surface area (Å²) in [7, 11) is 11.6. The second kappa shape index (κ2) is 14.8. The minimum atomic E-state index is 0. The third kappa shape index (κ3) is 21.1. The van der Waals surface area contributed by atoms with Crippen molar-refractivity contribution < 1.29 is 42.9 Å². The first kappa shape index (κ1) is 28.9. The molecule has 0 aromatic carbocycles. The summed E-state index contributed by atoms with van der Waals surface area (Å²) in [5.74, 6) is 0. The molecule has 0 spiro atoms. The quantitative estimate of drug-likeness (QED) is 0.303. The zero-order valence-electron chi connectivity index (χ0n) is 14.7. The molecule has 0 rings (SSSR count). The van der Waals surface area contributed by atoms with Crippen LogP contribution in [0.3, 0.4) is 0 Å². The van der Waals surface area contributed by atoms with Crippen LogP contribution in [-0.4, -0.2) is 63.8 Å². The highest BCUT2D eigenvalue weighted by Gasteiger charge is 2.16. The van der Waals surface area contributed by atoms with Gasteiger partial charge in [-0.05, 0) is 12.8 Å². The van der Waals surface area contributed by atoms with Gasteiger partial charge in [-0.2, -0.15) is 0 Å². The average molecular weight is 421 g/mol. The molecule has 0 radical (unpaired) electrons. The molecule has 5 heteroatoms. The summed E-state index contributed by atoms with van der Waals surface area (Å²) in [5, 5.41) is 0. The van der Waals surface area contributed by atoms with Crippen LogP contribution >= 0.6 is 0 Å². The molecule has 0 atom stereocenters. The third-order valence-corrected chi connectivity index (χ3v) is 3.46. The molecule has 0 heterocycles. The molecule has 0 aliphatic heterocycles. The number of unbranched alkanes of at least 4 members (excludes halogenated alkanes) is 4. The number of halogens is 2. The number of nitrogens with zero attached hydrogens (tertiary/aromatic N) is 2. The highest BCUT2D eigenvalue weighted by molar-refractivity contribution is 4.43. The van der Waals surface area contributed by atoms with E-state index >= 15 is 0 Å². The Morgan fingerprint density at radius 1 is 0.600 bits per heavy atom. The standard InChI is InChI=1S/C15H36N2.2BrH.H3N/c1-7-8-9-10-11-14-17(5,6)15-12-13-16(2,3)4;;;/h7-15H2,1-6H3;2*1H;1H3/q+2;;;/p-2. The van der Waals surface area contributed by atoms with E-state index in [1.54, 1.807) is 0 Å². The minimum Gasteiger partial charge on any atom is -1.00 e. The van der Waals surface area contributed by atoms with Crippen molar-refractivity contribution in [3.05, 3.63) is 0 Å². The van der Waals surface area contributed by atoms with E-state index in [0.29, 0.717) is 0 Å². The molecule has 3 N–H and O–H groups in total. The topological polar surface area (TPSA) is 35.0 Å². The smallest absolute Gasteiger partial charge is 0.0836 e. The molecule has 0 saturated carbocycles. The summed E-state index contributed by atoms with van der Waals surface area (Å²) in [5.41, 5.74) is 0. The maximum absolute atomic E-state index is 2.38. The molecule has 0 amide bonds. The van der Waals surface area contributed by atoms with Crippen molar-refractivity contribution in [1.82, 2.24) is 6.15 Å². The van der Waals surface area contributed by atoms with Gasteiger partial charge in [0.25, 0.3) is 0 Å². The lowest BCUT2D eigenvalue weighted by Gasteiger charge is -2.31. The van der Waals surface area contributed by atoms with E-state index in [9.17, 15) is 0 Å². The first-order chi connectivity index (χ1) is 7.77. The Balaban J connectivity index is -0.000000427. The molecule has 128 valence electrons. The van der Waals surface area contributed by atoms with Gasteiger partial charge in [-0.15, -0.1) is 0 Å². The van der Waals surface area contributed by atoms with Gasteiger partial charge in [0, 0.05) is 6.42 Å². The normalized spacial score (nSPS) is 11.1. The van der Waals surface area contributed by atoms with Gasteiger partial charge >= 0.3 is 0 Å². The zero-order valence-corrected chi connectivity index (χ0v) is 17.9. The maximum Gasteiger partial charge on any atom is 0.0836 e. The Morgan fingerprint density at radius 3 is 1.50 bits per heavy atom. The molecule has 0 saturated heterocycles. The number of quaternary nitrogens is 2. The van der Waals surface area contributed by atoms with Crippen molar-refractivity contribution in [3.8, 4) is 0 Å². The summed E-state index contributed by atoms with van der Waals surface area (Å²) in [6, 6.07) is 0. The fourth-order valence-corrected chi connectivity index (χ4v) is 2.23. The maximum atomic E-state index is 2.38. The molecule has 0 aromatic rings. The summed E-state index contributed by atoms with van der Waals surface area (Å²) < 4.78 is 2.29. The van der Waals surface area contributed by atoms with E-state index in [1.165, 1.54) is 62.6 Å². The highest BCUT2D eigenvalue weighted by Crippen LogP contribution is 2.08. The van der Waals surface area contributed by atoms with E-state index in [4.69, 9.17) is 0 Å². The second-order valence-electron chi connectivity index (χ2n) is 7.16. The van der Waals surface area contributed by atoms with Crippen LogP contribution in [0.4, 0.5) is 0 Å². The van der Waals surface area contributed by atoms with Crippen LogP contribution in [0.15, 0.2) is 0 Å². The van der Waals surface area contributed by atoms with Gasteiger partial charge in [-0.1, -0.05) is 26.2 Å². The van der Waals surface area contributed by atoms with Crippen molar-refractivity contribution in [2.75, 3.05) is 54.9 Å². The van der Waals surface area contributed by atoms with Crippen molar-refractivity contribution in [2.45, 2.75) is 45.4 Å². The molecule has 0 bridgehead atoms. The minimum absolute atomic E-state index is 0. The van der Waals surface area contributed by atoms with Gasteiger partial charge in [0.15, 0.2) is 0 Å². The second-order valence-corrected chi connectivity index (χ2v) is 7.16. The molecule has 0 aliphatic rings. The largest absolute Gasteiger partial charge is 1.00 e. The van der Waals surface area contributed by atoms with E-state index in [0.717, 1.165) is 4.48 Å². The molecule has 3 nitrogen and oxygen atoms in total. The van der Waals surface area contributed by atoms with Crippen LogP contribution in [0.2, 0.25) is 0 Å². The lowest BCUT2D eigenvalue weighted by Crippen LogP contribution is -3.00. The van der Waals surface area contributed by atoms with Crippen molar-refractivity contribution in [2.24, 2.45) is 0 Å². The third-order valence-electron chi connectivity index (χ3n) is 3.46. The molecular formula is C15H39Br2N3. The van der Waals surface area contributed by atoms with Crippen LogP contribution in [0.25, 0.3) is 0 Å². The van der Waals surface area contributed by atoms with Gasteiger partial charge in [0.05, 0.1) is 54.9 Å². The first-order valence-electron chi connectivity index (χ1n) is 7.39. The lowest BCUT2D eigenvalue weighted by atomic mass is 10.1. The first-order valence-corrected chi connectivity index (χ1v) is 7.39. The number of rotatable bonds is 10. The Hall–Kier alpha value is 0.840. The van der Waals surface area contributed by atoms with Crippen LogP contribution in [0, 0.1) is 0 Å². The van der Waals surface area contributed by atoms with Crippen LogP contribution in [-0.2, 0) is 0 Å². The van der Waals surface area contributed by atoms with Gasteiger partial charge < -0.3 is 49.1 Å². The molecule has 0 unspecified atom stereocenters. The van der Waals surface area contributed by atoms with Gasteiger partial charge in [-0.3, -0.25) is 0 Å². The number of hydrogen-bond donors (Lipinski definition) is 1. The molecule has 20 heavy (non-hydrogen) atoms. The monoisotopic (exact) mass is 419 g/mol. The van der Waals surface area contributed by atoms with Crippen LogP contribution in [0.1, 0.15) is 45.4 Å². The SMILES string of the molecule is CCCCCCC[N+](C)(C)CCC[N+](C)(C)C.N.[Br-].[Br-].